The number of aromatic amines is 2. The smallest absolute Gasteiger partial charge is 0.410 e. The molecule has 8 heteroatoms. The van der Waals surface area contributed by atoms with Crippen molar-refractivity contribution in [3.05, 3.63) is 27.0 Å². The van der Waals surface area contributed by atoms with Gasteiger partial charge in [-0.1, -0.05) is 0 Å². The van der Waals surface area contributed by atoms with Gasteiger partial charge in [0.2, 0.25) is 0 Å². The van der Waals surface area contributed by atoms with Crippen molar-refractivity contribution in [1.29, 1.82) is 0 Å². The fourth-order valence-corrected chi connectivity index (χ4v) is 2.41. The lowest BCUT2D eigenvalue weighted by molar-refractivity contribution is 0.0159. The zero-order chi connectivity index (χ0) is 16.5. The summed E-state index contributed by atoms with van der Waals surface area (Å²) in [6, 6.07) is -0.102. The molecule has 1 aromatic heterocycles. The SMILES string of the molecule is CC1CN(c2c[nH]c(=O)[nH]c2=O)CCN1C(=O)OC(C)(C)C. The largest absolute Gasteiger partial charge is 0.444 e. The molecule has 122 valence electrons. The summed E-state index contributed by atoms with van der Waals surface area (Å²) in [7, 11) is 0. The number of aromatic nitrogens is 2. The van der Waals surface area contributed by atoms with Gasteiger partial charge in [-0.15, -0.1) is 0 Å². The van der Waals surface area contributed by atoms with E-state index in [9.17, 15) is 14.4 Å². The first-order valence-electron chi connectivity index (χ1n) is 7.24. The van der Waals surface area contributed by atoms with Crippen molar-refractivity contribution in [1.82, 2.24) is 14.9 Å². The highest BCUT2D eigenvalue weighted by atomic mass is 16.6. The van der Waals surface area contributed by atoms with E-state index in [0.29, 0.717) is 25.3 Å². The Bertz CT molecular complexity index is 658. The Hall–Kier alpha value is -2.25. The van der Waals surface area contributed by atoms with Gasteiger partial charge in [-0.05, 0) is 27.7 Å². The first kappa shape index (κ1) is 16.1. The lowest BCUT2D eigenvalue weighted by Gasteiger charge is -2.40. The van der Waals surface area contributed by atoms with Crippen LogP contribution in [0.15, 0.2) is 15.8 Å². The van der Waals surface area contributed by atoms with Gasteiger partial charge in [0, 0.05) is 31.9 Å². The summed E-state index contributed by atoms with van der Waals surface area (Å²) in [6.07, 6.45) is 1.05. The Morgan fingerprint density at radius 2 is 2.00 bits per heavy atom. The molecule has 2 heterocycles. The third-order valence-electron chi connectivity index (χ3n) is 3.40. The van der Waals surface area contributed by atoms with E-state index >= 15 is 0 Å². The van der Waals surface area contributed by atoms with Gasteiger partial charge in [0.25, 0.3) is 5.56 Å². The molecule has 1 fully saturated rings. The molecule has 1 aliphatic heterocycles. The molecule has 1 aliphatic rings. The van der Waals surface area contributed by atoms with Gasteiger partial charge < -0.3 is 19.5 Å². The van der Waals surface area contributed by atoms with E-state index < -0.39 is 16.9 Å². The molecule has 0 saturated carbocycles. The van der Waals surface area contributed by atoms with Crippen LogP contribution in [-0.4, -0.2) is 52.2 Å². The summed E-state index contributed by atoms with van der Waals surface area (Å²) in [5.74, 6) is 0. The number of nitrogens with one attached hydrogen (secondary N) is 2. The van der Waals surface area contributed by atoms with Crippen LogP contribution < -0.4 is 16.1 Å². The van der Waals surface area contributed by atoms with Crippen LogP contribution in [0.3, 0.4) is 0 Å². The quantitative estimate of drug-likeness (QED) is 0.787. The van der Waals surface area contributed by atoms with Crippen molar-refractivity contribution in [2.24, 2.45) is 0 Å². The summed E-state index contributed by atoms with van der Waals surface area (Å²) in [6.45, 7) is 8.82. The van der Waals surface area contributed by atoms with Crippen LogP contribution in [0.25, 0.3) is 0 Å². The molecule has 1 amide bonds. The van der Waals surface area contributed by atoms with Crippen LogP contribution in [0.4, 0.5) is 10.5 Å². The van der Waals surface area contributed by atoms with Gasteiger partial charge in [0.15, 0.2) is 0 Å². The third kappa shape index (κ3) is 3.69. The molecule has 8 nitrogen and oxygen atoms in total. The molecule has 2 N–H and O–H groups in total. The van der Waals surface area contributed by atoms with Crippen LogP contribution in [-0.2, 0) is 4.74 Å². The molecule has 22 heavy (non-hydrogen) atoms. The number of hydrogen-bond donors (Lipinski definition) is 2. The molecule has 1 aromatic rings. The second-order valence-electron chi connectivity index (χ2n) is 6.43. The number of piperazine rings is 1. The number of hydrogen-bond acceptors (Lipinski definition) is 5. The Labute approximate surface area is 128 Å². The normalized spacial score (nSPS) is 19.2. The number of carbonyl (C=O) groups excluding carboxylic acids is 1. The van der Waals surface area contributed by atoms with Gasteiger partial charge in [0.1, 0.15) is 11.3 Å². The lowest BCUT2D eigenvalue weighted by Crippen LogP contribution is -2.56. The maximum absolute atomic E-state index is 12.1. The first-order valence-corrected chi connectivity index (χ1v) is 7.24. The summed E-state index contributed by atoms with van der Waals surface area (Å²) in [4.78, 5) is 43.2. The van der Waals surface area contributed by atoms with Crippen molar-refractivity contribution in [3.8, 4) is 0 Å². The topological polar surface area (TPSA) is 98.5 Å². The average molecular weight is 310 g/mol. The van der Waals surface area contributed by atoms with Gasteiger partial charge >= 0.3 is 11.8 Å². The standard InChI is InChI=1S/C14H22N4O4/c1-9-8-17(10-7-15-12(20)16-11(10)19)5-6-18(9)13(21)22-14(2,3)4/h7,9H,5-6,8H2,1-4H3,(H2,15,16,19,20). The number of ether oxygens (including phenoxy) is 1. The number of rotatable bonds is 1. The van der Waals surface area contributed by atoms with Gasteiger partial charge in [-0.2, -0.15) is 0 Å². The van der Waals surface area contributed by atoms with E-state index in [-0.39, 0.29) is 12.1 Å². The van der Waals surface area contributed by atoms with Crippen molar-refractivity contribution in [2.45, 2.75) is 39.3 Å². The van der Waals surface area contributed by atoms with Crippen LogP contribution in [0.1, 0.15) is 27.7 Å². The molecule has 0 aromatic carbocycles. The summed E-state index contributed by atoms with van der Waals surface area (Å²) >= 11 is 0. The first-order chi connectivity index (χ1) is 10.2. The van der Waals surface area contributed by atoms with E-state index in [4.69, 9.17) is 4.74 Å². The number of carbonyl (C=O) groups is 1. The highest BCUT2D eigenvalue weighted by molar-refractivity contribution is 5.69. The van der Waals surface area contributed by atoms with E-state index in [0.717, 1.165) is 0 Å². The van der Waals surface area contributed by atoms with E-state index in [1.165, 1.54) is 6.20 Å². The lowest BCUT2D eigenvalue weighted by atomic mass is 10.2. The molecule has 1 atom stereocenters. The van der Waals surface area contributed by atoms with Crippen LogP contribution in [0, 0.1) is 0 Å². The van der Waals surface area contributed by atoms with E-state index in [2.05, 4.69) is 9.97 Å². The molecule has 0 bridgehead atoms. The summed E-state index contributed by atoms with van der Waals surface area (Å²) < 4.78 is 5.38. The average Bonchev–Trinajstić information content (AvgIpc) is 2.36. The minimum atomic E-state index is -0.538. The monoisotopic (exact) mass is 310 g/mol. The molecule has 1 unspecified atom stereocenters. The van der Waals surface area contributed by atoms with Crippen LogP contribution in [0.2, 0.25) is 0 Å². The predicted octanol–water partition coefficient (Wildman–Crippen LogP) is 0.509. The van der Waals surface area contributed by atoms with Gasteiger partial charge in [-0.25, -0.2) is 9.59 Å². The number of H-pyrrole nitrogens is 2. The molecular formula is C14H22N4O4. The van der Waals surface area contributed by atoms with Crippen molar-refractivity contribution >= 4 is 11.8 Å². The Morgan fingerprint density at radius 3 is 2.55 bits per heavy atom. The van der Waals surface area contributed by atoms with Crippen LogP contribution in [0.5, 0.6) is 0 Å². The zero-order valence-corrected chi connectivity index (χ0v) is 13.3. The summed E-state index contributed by atoms with van der Waals surface area (Å²) in [5, 5.41) is 0. The van der Waals surface area contributed by atoms with Crippen LogP contribution >= 0.6 is 0 Å². The Morgan fingerprint density at radius 1 is 1.32 bits per heavy atom. The minimum Gasteiger partial charge on any atom is -0.444 e. The molecular weight excluding hydrogens is 288 g/mol. The predicted molar refractivity (Wildman–Crippen MR) is 82.3 cm³/mol. The highest BCUT2D eigenvalue weighted by Gasteiger charge is 2.31. The highest BCUT2D eigenvalue weighted by Crippen LogP contribution is 2.17. The minimum absolute atomic E-state index is 0.102. The molecule has 0 radical (unpaired) electrons. The molecule has 1 saturated heterocycles. The number of anilines is 1. The third-order valence-corrected chi connectivity index (χ3v) is 3.40. The zero-order valence-electron chi connectivity index (χ0n) is 13.3. The Kier molecular flexibility index (Phi) is 4.30. The van der Waals surface area contributed by atoms with Gasteiger partial charge in [-0.3, -0.25) is 9.78 Å². The second-order valence-corrected chi connectivity index (χ2v) is 6.43. The second kappa shape index (κ2) is 5.86. The number of amides is 1. The van der Waals surface area contributed by atoms with Crippen molar-refractivity contribution < 1.29 is 9.53 Å². The summed E-state index contributed by atoms with van der Waals surface area (Å²) in [5.41, 5.74) is -1.10. The fraction of sp³-hybridized carbons (Fsp3) is 0.643. The molecule has 0 aliphatic carbocycles. The fourth-order valence-electron chi connectivity index (χ4n) is 2.41. The maximum atomic E-state index is 12.1. The van der Waals surface area contributed by atoms with E-state index in [1.807, 2.05) is 32.6 Å². The van der Waals surface area contributed by atoms with Crippen molar-refractivity contribution in [3.63, 3.8) is 0 Å². The van der Waals surface area contributed by atoms with Gasteiger partial charge in [0.05, 0.1) is 0 Å². The van der Waals surface area contributed by atoms with E-state index in [1.54, 1.807) is 4.90 Å². The molecule has 0 spiro atoms. The maximum Gasteiger partial charge on any atom is 0.410 e. The number of nitrogens with zero attached hydrogens (tertiary/aromatic N) is 2. The van der Waals surface area contributed by atoms with Crippen molar-refractivity contribution in [2.75, 3.05) is 24.5 Å². The Balaban J connectivity index is 2.08. The molecule has 2 rings (SSSR count).